The van der Waals surface area contributed by atoms with Crippen molar-refractivity contribution in [2.45, 2.75) is 30.0 Å². The van der Waals surface area contributed by atoms with Gasteiger partial charge in [-0.05, 0) is 13.8 Å². The smallest absolute Gasteiger partial charge is 0.244 e. The van der Waals surface area contributed by atoms with E-state index in [0.29, 0.717) is 0 Å². The summed E-state index contributed by atoms with van der Waals surface area (Å²) in [5, 5.41) is 12.3. The van der Waals surface area contributed by atoms with Crippen LogP contribution in [0.2, 0.25) is 0 Å². The molecule has 1 N–H and O–H groups in total. The summed E-state index contributed by atoms with van der Waals surface area (Å²) in [6.45, 7) is 3.35. The highest BCUT2D eigenvalue weighted by molar-refractivity contribution is 8.02. The molecule has 16 heavy (non-hydrogen) atoms. The first kappa shape index (κ1) is 11.3. The maximum Gasteiger partial charge on any atom is 0.244 e. The van der Waals surface area contributed by atoms with Crippen LogP contribution in [-0.2, 0) is 14.4 Å². The van der Waals surface area contributed by atoms with Crippen molar-refractivity contribution in [3.05, 3.63) is 0 Å². The third-order valence-electron chi connectivity index (χ3n) is 2.76. The number of aliphatic carboxylic acids is 1. The minimum absolute atomic E-state index is 0.143. The Kier molecular flexibility index (Phi) is 2.37. The highest BCUT2D eigenvalue weighted by Gasteiger charge is 2.55. The van der Waals surface area contributed by atoms with Crippen LogP contribution < -0.4 is 10.4 Å². The Labute approximate surface area is 96.4 Å². The molecular formula is C9H11N2O4S-. The van der Waals surface area contributed by atoms with Gasteiger partial charge in [-0.15, -0.1) is 11.8 Å². The van der Waals surface area contributed by atoms with E-state index in [1.807, 2.05) is 0 Å². The topological polar surface area (TPSA) is 89.5 Å². The quantitative estimate of drug-likeness (QED) is 0.570. The number of piperazine rings is 1. The van der Waals surface area contributed by atoms with Crippen molar-refractivity contribution in [1.82, 2.24) is 10.2 Å². The van der Waals surface area contributed by atoms with E-state index in [1.165, 1.54) is 0 Å². The summed E-state index contributed by atoms with van der Waals surface area (Å²) in [5.41, 5.74) is 0. The Balaban J connectivity index is 2.41. The number of rotatable bonds is 1. The molecule has 2 heterocycles. The molecule has 6 nitrogen and oxygen atoms in total. The Hall–Kier alpha value is -1.24. The summed E-state index contributed by atoms with van der Waals surface area (Å²) in [5.74, 6) is -2.01. The summed E-state index contributed by atoms with van der Waals surface area (Å²) in [6, 6.07) is -0.735. The molecule has 2 rings (SSSR count). The molecular weight excluding hydrogens is 232 g/mol. The monoisotopic (exact) mass is 243 g/mol. The fourth-order valence-electron chi connectivity index (χ4n) is 2.11. The number of hydrogen-bond acceptors (Lipinski definition) is 5. The molecule has 0 aliphatic carbocycles. The molecule has 2 atom stereocenters. The van der Waals surface area contributed by atoms with E-state index < -0.39 is 22.1 Å². The van der Waals surface area contributed by atoms with Crippen LogP contribution in [0.4, 0.5) is 0 Å². The van der Waals surface area contributed by atoms with Crippen molar-refractivity contribution in [2.24, 2.45) is 0 Å². The third-order valence-corrected chi connectivity index (χ3v) is 4.23. The van der Waals surface area contributed by atoms with Crippen LogP contribution >= 0.6 is 11.8 Å². The third kappa shape index (κ3) is 1.46. The lowest BCUT2D eigenvalue weighted by atomic mass is 9.99. The molecule has 2 aliphatic rings. The van der Waals surface area contributed by atoms with Crippen LogP contribution in [0.25, 0.3) is 0 Å². The second kappa shape index (κ2) is 3.38. The maximum atomic E-state index is 11.7. The van der Waals surface area contributed by atoms with Crippen LogP contribution in [0.15, 0.2) is 0 Å². The van der Waals surface area contributed by atoms with Gasteiger partial charge in [0.1, 0.15) is 11.4 Å². The first-order valence-corrected chi connectivity index (χ1v) is 5.70. The van der Waals surface area contributed by atoms with Gasteiger partial charge in [0, 0.05) is 4.75 Å². The molecule has 0 spiro atoms. The average Bonchev–Trinajstić information content (AvgIpc) is 2.46. The molecule has 2 amide bonds. The van der Waals surface area contributed by atoms with E-state index in [1.54, 1.807) is 13.8 Å². The summed E-state index contributed by atoms with van der Waals surface area (Å²) in [4.78, 5) is 35.4. The number of hydrogen-bond donors (Lipinski definition) is 1. The lowest BCUT2D eigenvalue weighted by molar-refractivity contribution is -0.307. The Bertz CT molecular complexity index is 382. The van der Waals surface area contributed by atoms with Gasteiger partial charge in [0.2, 0.25) is 11.8 Å². The van der Waals surface area contributed by atoms with E-state index in [2.05, 4.69) is 5.32 Å². The molecule has 2 fully saturated rings. The maximum absolute atomic E-state index is 11.7. The van der Waals surface area contributed by atoms with Crippen molar-refractivity contribution in [3.8, 4) is 0 Å². The van der Waals surface area contributed by atoms with Crippen LogP contribution in [0, 0.1) is 0 Å². The van der Waals surface area contributed by atoms with Crippen molar-refractivity contribution >= 4 is 29.5 Å². The number of carboxylic acid groups (broad SMARTS) is 1. The fraction of sp³-hybridized carbons (Fsp3) is 0.667. The summed E-state index contributed by atoms with van der Waals surface area (Å²) >= 11 is 1.07. The number of amides is 2. The SMILES string of the molecule is CC1(C)SC(C(=O)[O-])N2C(=O)CNC(=O)C21. The molecule has 2 aliphatic heterocycles. The molecule has 0 radical (unpaired) electrons. The molecule has 7 heteroatoms. The molecule has 0 aromatic rings. The number of nitrogens with zero attached hydrogens (tertiary/aromatic N) is 1. The standard InChI is InChI=1S/C9H12N2O4S/c1-9(2)5-6(13)10-3-4(12)11(5)7(16-9)8(14)15/h5,7H,3H2,1-2H3,(H,10,13)(H,14,15)/p-1. The van der Waals surface area contributed by atoms with Gasteiger partial charge in [0.05, 0.1) is 12.5 Å². The van der Waals surface area contributed by atoms with E-state index >= 15 is 0 Å². The Morgan fingerprint density at radius 3 is 2.75 bits per heavy atom. The highest BCUT2D eigenvalue weighted by atomic mass is 32.2. The Morgan fingerprint density at radius 2 is 2.19 bits per heavy atom. The van der Waals surface area contributed by atoms with Crippen LogP contribution in [0.3, 0.4) is 0 Å². The zero-order valence-corrected chi connectivity index (χ0v) is 9.67. The van der Waals surface area contributed by atoms with Crippen molar-refractivity contribution < 1.29 is 19.5 Å². The molecule has 0 saturated carbocycles. The lowest BCUT2D eigenvalue weighted by Gasteiger charge is -2.35. The molecule has 0 bridgehead atoms. The summed E-state index contributed by atoms with van der Waals surface area (Å²) < 4.78 is -0.620. The van der Waals surface area contributed by atoms with Crippen molar-refractivity contribution in [1.29, 1.82) is 0 Å². The zero-order chi connectivity index (χ0) is 12.1. The molecule has 2 saturated heterocycles. The van der Waals surface area contributed by atoms with Gasteiger partial charge in [-0.3, -0.25) is 9.59 Å². The zero-order valence-electron chi connectivity index (χ0n) is 8.85. The van der Waals surface area contributed by atoms with E-state index in [0.717, 1.165) is 16.7 Å². The first-order valence-electron chi connectivity index (χ1n) is 4.82. The highest BCUT2D eigenvalue weighted by Crippen LogP contribution is 2.44. The van der Waals surface area contributed by atoms with Crippen LogP contribution in [0.5, 0.6) is 0 Å². The largest absolute Gasteiger partial charge is 0.547 e. The van der Waals surface area contributed by atoms with Crippen molar-refractivity contribution in [3.63, 3.8) is 0 Å². The minimum Gasteiger partial charge on any atom is -0.547 e. The molecule has 0 aromatic carbocycles. The fourth-order valence-corrected chi connectivity index (χ4v) is 3.48. The van der Waals surface area contributed by atoms with Crippen LogP contribution in [0.1, 0.15) is 13.8 Å². The Morgan fingerprint density at radius 1 is 1.56 bits per heavy atom. The van der Waals surface area contributed by atoms with Gasteiger partial charge in [-0.1, -0.05) is 0 Å². The van der Waals surface area contributed by atoms with Gasteiger partial charge in [-0.25, -0.2) is 0 Å². The molecule has 2 unspecified atom stereocenters. The molecule has 88 valence electrons. The van der Waals surface area contributed by atoms with Gasteiger partial charge in [0.15, 0.2) is 0 Å². The van der Waals surface area contributed by atoms with E-state index in [4.69, 9.17) is 0 Å². The number of thioether (sulfide) groups is 1. The van der Waals surface area contributed by atoms with Crippen LogP contribution in [-0.4, -0.2) is 45.4 Å². The number of nitrogens with one attached hydrogen (secondary N) is 1. The lowest BCUT2D eigenvalue weighted by Crippen LogP contribution is -2.63. The normalized spacial score (nSPS) is 32.2. The number of carbonyl (C=O) groups excluding carboxylic acids is 3. The number of fused-ring (bicyclic) bond motifs is 1. The van der Waals surface area contributed by atoms with E-state index in [-0.39, 0.29) is 18.4 Å². The van der Waals surface area contributed by atoms with Gasteiger partial charge >= 0.3 is 0 Å². The predicted octanol–water partition coefficient (Wildman–Crippen LogP) is -2.09. The first-order chi connectivity index (χ1) is 7.34. The van der Waals surface area contributed by atoms with Gasteiger partial charge in [-0.2, -0.15) is 0 Å². The number of carboxylic acids is 1. The second-order valence-electron chi connectivity index (χ2n) is 4.31. The van der Waals surface area contributed by atoms with Crippen molar-refractivity contribution in [2.75, 3.05) is 6.54 Å². The molecule has 0 aromatic heterocycles. The second-order valence-corrected chi connectivity index (χ2v) is 6.05. The summed E-state index contributed by atoms with van der Waals surface area (Å²) in [7, 11) is 0. The predicted molar refractivity (Wildman–Crippen MR) is 54.1 cm³/mol. The van der Waals surface area contributed by atoms with E-state index in [9.17, 15) is 19.5 Å². The summed E-state index contributed by atoms with van der Waals surface area (Å²) in [6.07, 6.45) is 0. The minimum atomic E-state index is -1.33. The average molecular weight is 243 g/mol. The van der Waals surface area contributed by atoms with Gasteiger partial charge in [0.25, 0.3) is 0 Å². The number of carbonyl (C=O) groups is 3. The van der Waals surface area contributed by atoms with Gasteiger partial charge < -0.3 is 20.1 Å².